The van der Waals surface area contributed by atoms with Gasteiger partial charge in [-0.2, -0.15) is 0 Å². The summed E-state index contributed by atoms with van der Waals surface area (Å²) in [5.74, 6) is 0.0608. The van der Waals surface area contributed by atoms with E-state index in [1.54, 1.807) is 6.07 Å². The van der Waals surface area contributed by atoms with Crippen LogP contribution in [-0.2, 0) is 15.6 Å². The molecule has 2 rings (SSSR count). The van der Waals surface area contributed by atoms with Gasteiger partial charge in [0.25, 0.3) is 0 Å². The van der Waals surface area contributed by atoms with Crippen LogP contribution in [0, 0.1) is 5.92 Å². The number of benzene rings is 1. The molecule has 0 radical (unpaired) electrons. The maximum Gasteiger partial charge on any atom is 0.156 e. The van der Waals surface area contributed by atoms with Crippen LogP contribution in [0.1, 0.15) is 12.6 Å². The van der Waals surface area contributed by atoms with E-state index in [-0.39, 0.29) is 17.4 Å². The minimum Gasteiger partial charge on any atom is -0.330 e. The summed E-state index contributed by atoms with van der Waals surface area (Å²) < 4.78 is 24.0. The molecule has 0 spiro atoms. The maximum absolute atomic E-state index is 12.0. The Balaban J connectivity index is 2.21. The summed E-state index contributed by atoms with van der Waals surface area (Å²) in [4.78, 5) is 4.38. The van der Waals surface area contributed by atoms with Gasteiger partial charge in [-0.3, -0.25) is 4.98 Å². The average Bonchev–Trinajstić information content (AvgIpc) is 2.37. The van der Waals surface area contributed by atoms with E-state index in [4.69, 9.17) is 5.73 Å². The zero-order chi connectivity index (χ0) is 13.9. The summed E-state index contributed by atoms with van der Waals surface area (Å²) in [6, 6.07) is 11.3. The van der Waals surface area contributed by atoms with Gasteiger partial charge in [-0.05, 0) is 24.6 Å². The zero-order valence-corrected chi connectivity index (χ0v) is 11.7. The smallest absolute Gasteiger partial charge is 0.156 e. The number of hydrogen-bond acceptors (Lipinski definition) is 4. The van der Waals surface area contributed by atoms with Gasteiger partial charge < -0.3 is 5.73 Å². The van der Waals surface area contributed by atoms with Crippen LogP contribution in [0.2, 0.25) is 0 Å². The second-order valence-electron chi connectivity index (χ2n) is 4.89. The predicted molar refractivity (Wildman–Crippen MR) is 77.5 cm³/mol. The van der Waals surface area contributed by atoms with E-state index >= 15 is 0 Å². The van der Waals surface area contributed by atoms with Crippen LogP contribution in [0.4, 0.5) is 0 Å². The third kappa shape index (κ3) is 3.75. The monoisotopic (exact) mass is 278 g/mol. The lowest BCUT2D eigenvalue weighted by molar-refractivity contribution is 0.572. The van der Waals surface area contributed by atoms with Gasteiger partial charge in [0, 0.05) is 5.39 Å². The molecule has 0 aliphatic rings. The van der Waals surface area contributed by atoms with Crippen LogP contribution >= 0.6 is 0 Å². The molecule has 102 valence electrons. The lowest BCUT2D eigenvalue weighted by Gasteiger charge is -2.09. The SMILES string of the molecule is CC(CN)CS(=O)(=O)Cc1ccc2ccccc2n1. The van der Waals surface area contributed by atoms with Crippen molar-refractivity contribution in [1.29, 1.82) is 0 Å². The summed E-state index contributed by atoms with van der Waals surface area (Å²) in [6.45, 7) is 2.22. The number of sulfone groups is 1. The molecule has 1 heterocycles. The van der Waals surface area contributed by atoms with Gasteiger partial charge in [0.05, 0.1) is 22.7 Å². The van der Waals surface area contributed by atoms with Crippen LogP contribution in [-0.4, -0.2) is 25.7 Å². The number of aromatic nitrogens is 1. The third-order valence-electron chi connectivity index (χ3n) is 2.96. The maximum atomic E-state index is 12.0. The molecule has 4 nitrogen and oxygen atoms in total. The van der Waals surface area contributed by atoms with Crippen molar-refractivity contribution >= 4 is 20.7 Å². The third-order valence-corrected chi connectivity index (χ3v) is 4.78. The molecule has 2 N–H and O–H groups in total. The number of hydrogen-bond donors (Lipinski definition) is 1. The van der Waals surface area contributed by atoms with Gasteiger partial charge in [0.2, 0.25) is 0 Å². The van der Waals surface area contributed by atoms with Crippen LogP contribution in [0.25, 0.3) is 10.9 Å². The topological polar surface area (TPSA) is 73.1 Å². The van der Waals surface area contributed by atoms with E-state index < -0.39 is 9.84 Å². The molecule has 0 fully saturated rings. The van der Waals surface area contributed by atoms with E-state index in [0.717, 1.165) is 10.9 Å². The fourth-order valence-electron chi connectivity index (χ4n) is 1.97. The van der Waals surface area contributed by atoms with E-state index in [9.17, 15) is 8.42 Å². The predicted octanol–water partition coefficient (Wildman–Crippen LogP) is 1.74. The van der Waals surface area contributed by atoms with Crippen molar-refractivity contribution in [2.45, 2.75) is 12.7 Å². The molecule has 0 aliphatic carbocycles. The van der Waals surface area contributed by atoms with Crippen LogP contribution in [0.5, 0.6) is 0 Å². The Morgan fingerprint density at radius 3 is 2.68 bits per heavy atom. The molecule has 1 aromatic carbocycles. The highest BCUT2D eigenvalue weighted by atomic mass is 32.2. The Labute approximate surface area is 113 Å². The Bertz CT molecular complexity index is 668. The second-order valence-corrected chi connectivity index (χ2v) is 7.00. The molecule has 0 saturated heterocycles. The summed E-state index contributed by atoms with van der Waals surface area (Å²) >= 11 is 0. The molecule has 0 bridgehead atoms. The molecule has 2 aromatic rings. The standard InChI is InChI=1S/C14H18N2O2S/c1-11(8-15)9-19(17,18)10-13-7-6-12-4-2-3-5-14(12)16-13/h2-7,11H,8-10,15H2,1H3. The van der Waals surface area contributed by atoms with Gasteiger partial charge >= 0.3 is 0 Å². The first kappa shape index (κ1) is 14.0. The summed E-state index contributed by atoms with van der Waals surface area (Å²) in [5.41, 5.74) is 6.87. The van der Waals surface area contributed by atoms with Crippen LogP contribution in [0.3, 0.4) is 0 Å². The summed E-state index contributed by atoms with van der Waals surface area (Å²) in [7, 11) is -3.16. The number of pyridine rings is 1. The Kier molecular flexibility index (Phi) is 4.17. The first-order valence-electron chi connectivity index (χ1n) is 6.25. The molecule has 0 aliphatic heterocycles. The average molecular weight is 278 g/mol. The van der Waals surface area contributed by atoms with Crippen molar-refractivity contribution in [2.24, 2.45) is 11.7 Å². The largest absolute Gasteiger partial charge is 0.330 e. The van der Waals surface area contributed by atoms with Gasteiger partial charge in [0.1, 0.15) is 0 Å². The highest BCUT2D eigenvalue weighted by Gasteiger charge is 2.16. The minimum absolute atomic E-state index is 0.0227. The van der Waals surface area contributed by atoms with Gasteiger partial charge in [0.15, 0.2) is 9.84 Å². The molecule has 0 amide bonds. The van der Waals surface area contributed by atoms with E-state index in [1.807, 2.05) is 37.3 Å². The van der Waals surface area contributed by atoms with Crippen molar-refractivity contribution in [3.8, 4) is 0 Å². The summed E-state index contributed by atoms with van der Waals surface area (Å²) in [6.07, 6.45) is 0. The molecule has 1 aromatic heterocycles. The fraction of sp³-hybridized carbons (Fsp3) is 0.357. The number of nitrogens with two attached hydrogens (primary N) is 1. The summed E-state index contributed by atoms with van der Waals surface area (Å²) in [5, 5.41) is 1.01. The first-order valence-corrected chi connectivity index (χ1v) is 8.07. The van der Waals surface area contributed by atoms with Crippen molar-refractivity contribution in [1.82, 2.24) is 4.98 Å². The number of para-hydroxylation sites is 1. The molecular formula is C14H18N2O2S. The van der Waals surface area contributed by atoms with E-state index in [0.29, 0.717) is 12.2 Å². The highest BCUT2D eigenvalue weighted by Crippen LogP contribution is 2.14. The molecular weight excluding hydrogens is 260 g/mol. The molecule has 1 unspecified atom stereocenters. The Hall–Kier alpha value is -1.46. The van der Waals surface area contributed by atoms with Crippen molar-refractivity contribution in [3.05, 3.63) is 42.1 Å². The molecule has 0 saturated carbocycles. The van der Waals surface area contributed by atoms with Gasteiger partial charge in [-0.1, -0.05) is 31.2 Å². The van der Waals surface area contributed by atoms with E-state index in [1.165, 1.54) is 0 Å². The Morgan fingerprint density at radius 1 is 1.21 bits per heavy atom. The quantitative estimate of drug-likeness (QED) is 0.904. The number of nitrogens with zero attached hydrogens (tertiary/aromatic N) is 1. The lowest BCUT2D eigenvalue weighted by atomic mass is 10.2. The van der Waals surface area contributed by atoms with Crippen molar-refractivity contribution < 1.29 is 8.42 Å². The normalized spacial score (nSPS) is 13.6. The highest BCUT2D eigenvalue weighted by molar-refractivity contribution is 7.90. The van der Waals surface area contributed by atoms with Crippen molar-refractivity contribution in [2.75, 3.05) is 12.3 Å². The van der Waals surface area contributed by atoms with Gasteiger partial charge in [-0.15, -0.1) is 0 Å². The van der Waals surface area contributed by atoms with Crippen molar-refractivity contribution in [3.63, 3.8) is 0 Å². The minimum atomic E-state index is -3.16. The van der Waals surface area contributed by atoms with E-state index in [2.05, 4.69) is 4.98 Å². The first-order chi connectivity index (χ1) is 9.00. The lowest BCUT2D eigenvalue weighted by Crippen LogP contribution is -2.22. The second kappa shape index (κ2) is 5.67. The fourth-order valence-corrected chi connectivity index (χ4v) is 3.71. The van der Waals surface area contributed by atoms with Crippen LogP contribution < -0.4 is 5.73 Å². The number of rotatable bonds is 5. The number of fused-ring (bicyclic) bond motifs is 1. The molecule has 19 heavy (non-hydrogen) atoms. The van der Waals surface area contributed by atoms with Crippen LogP contribution in [0.15, 0.2) is 36.4 Å². The molecule has 1 atom stereocenters. The zero-order valence-electron chi connectivity index (χ0n) is 10.9. The molecule has 5 heteroatoms. The van der Waals surface area contributed by atoms with Gasteiger partial charge in [-0.25, -0.2) is 8.42 Å². The Morgan fingerprint density at radius 2 is 1.95 bits per heavy atom.